The Labute approximate surface area is 542 Å². The first-order valence-corrected chi connectivity index (χ1v) is 31.9. The Morgan fingerprint density at radius 2 is 0.663 bits per heavy atom. The van der Waals surface area contributed by atoms with Crippen LogP contribution >= 0.6 is 0 Å². The van der Waals surface area contributed by atoms with E-state index in [1.165, 1.54) is 27.6 Å². The van der Waals surface area contributed by atoms with Crippen molar-refractivity contribution in [3.8, 4) is 67.6 Å². The lowest BCUT2D eigenvalue weighted by Crippen LogP contribution is -2.09. The summed E-state index contributed by atoms with van der Waals surface area (Å²) in [6, 6.07) is 105. The highest BCUT2D eigenvalue weighted by molar-refractivity contribution is 6.17. The van der Waals surface area contributed by atoms with Crippen LogP contribution in [0.25, 0.3) is 177 Å². The van der Waals surface area contributed by atoms with Gasteiger partial charge in [-0.25, -0.2) is 9.97 Å². The number of fused-ring (bicyclic) bond motifs is 15. The molecule has 0 atom stereocenters. The Morgan fingerprint density at radius 3 is 1.09 bits per heavy atom. The van der Waals surface area contributed by atoms with Crippen molar-refractivity contribution in [3.05, 3.63) is 314 Å². The van der Waals surface area contributed by atoms with Gasteiger partial charge in [-0.1, -0.05) is 175 Å². The van der Waals surface area contributed by atoms with E-state index >= 15 is 13.2 Å². The second kappa shape index (κ2) is 20.8. The minimum Gasteiger partial charge on any atom is -0.309 e. The van der Waals surface area contributed by atoms with Crippen molar-refractivity contribution < 1.29 is 13.2 Å². The molecule has 5 heterocycles. The first kappa shape index (κ1) is 54.4. The average molecular weight is 1230 g/mol. The minimum atomic E-state index is -4.67. The van der Waals surface area contributed by atoms with Crippen LogP contribution in [0.15, 0.2) is 303 Å². The highest BCUT2D eigenvalue weighted by atomic mass is 19.4. The highest BCUT2D eigenvalue weighted by Crippen LogP contribution is 2.45. The van der Waals surface area contributed by atoms with Crippen LogP contribution in [-0.4, -0.2) is 28.2 Å². The van der Waals surface area contributed by atoms with Gasteiger partial charge in [0.1, 0.15) is 0 Å². The maximum atomic E-state index is 15.3. The number of para-hydroxylation sites is 6. The third-order valence-electron chi connectivity index (χ3n) is 19.4. The van der Waals surface area contributed by atoms with E-state index < -0.39 is 11.7 Å². The molecule has 0 amide bonds. The van der Waals surface area contributed by atoms with E-state index in [2.05, 4.69) is 279 Å². The van der Waals surface area contributed by atoms with Crippen LogP contribution in [0.5, 0.6) is 0 Å². The molecule has 448 valence electrons. The van der Waals surface area contributed by atoms with Crippen LogP contribution in [0.4, 0.5) is 13.2 Å². The van der Waals surface area contributed by atoms with Crippen LogP contribution < -0.4 is 0 Å². The predicted molar refractivity (Wildman–Crippen MR) is 386 cm³/mol. The monoisotopic (exact) mass is 1230 g/mol. The van der Waals surface area contributed by atoms with Crippen molar-refractivity contribution in [1.29, 1.82) is 0 Å². The summed E-state index contributed by atoms with van der Waals surface area (Å²) >= 11 is 0. The fourth-order valence-corrected chi connectivity index (χ4v) is 15.2. The third-order valence-corrected chi connectivity index (χ3v) is 19.4. The molecule has 0 saturated heterocycles. The molecule has 95 heavy (non-hydrogen) atoms. The van der Waals surface area contributed by atoms with Gasteiger partial charge in [-0.3, -0.25) is 0 Å². The zero-order valence-electron chi connectivity index (χ0n) is 51.2. The van der Waals surface area contributed by atoms with Crippen LogP contribution in [0.2, 0.25) is 0 Å². The topological polar surface area (TPSA) is 45.5 Å². The van der Waals surface area contributed by atoms with Gasteiger partial charge in [0.25, 0.3) is 0 Å². The zero-order chi connectivity index (χ0) is 63.2. The van der Waals surface area contributed by atoms with Gasteiger partial charge < -0.3 is 18.3 Å². The largest absolute Gasteiger partial charge is 0.417 e. The summed E-state index contributed by atoms with van der Waals surface area (Å²) in [5.74, 6) is -0.00909. The van der Waals surface area contributed by atoms with Crippen LogP contribution in [-0.2, 0) is 6.18 Å². The quantitative estimate of drug-likeness (QED) is 0.142. The smallest absolute Gasteiger partial charge is 0.309 e. The van der Waals surface area contributed by atoms with Crippen molar-refractivity contribution >= 4 is 109 Å². The van der Waals surface area contributed by atoms with Gasteiger partial charge in [0.05, 0.1) is 60.9 Å². The maximum absolute atomic E-state index is 15.3. The van der Waals surface area contributed by atoms with Crippen LogP contribution in [0, 0.1) is 6.92 Å². The molecular formula is C86H53F3N6. The highest BCUT2D eigenvalue weighted by Gasteiger charge is 2.35. The number of rotatable bonds is 8. The second-order valence-corrected chi connectivity index (χ2v) is 24.9. The zero-order valence-corrected chi connectivity index (χ0v) is 51.2. The summed E-state index contributed by atoms with van der Waals surface area (Å²) < 4.78 is 55.2. The van der Waals surface area contributed by atoms with Crippen LogP contribution in [0.3, 0.4) is 0 Å². The summed E-state index contributed by atoms with van der Waals surface area (Å²) in [5.41, 5.74) is 18.3. The molecule has 0 aliphatic heterocycles. The number of benzene rings is 14. The lowest BCUT2D eigenvalue weighted by Gasteiger charge is -2.18. The van der Waals surface area contributed by atoms with Gasteiger partial charge in [-0.2, -0.15) is 13.2 Å². The molecule has 5 aromatic heterocycles. The first-order chi connectivity index (χ1) is 46.6. The van der Waals surface area contributed by atoms with Gasteiger partial charge in [-0.05, 0) is 173 Å². The summed E-state index contributed by atoms with van der Waals surface area (Å²) in [7, 11) is 0. The molecule has 0 bridgehead atoms. The SMILES string of the molecule is Cc1ccc(C(F)(F)F)c(-c2nc(-c3cc(-n4c5ccccc5c5cc(-c6ccc7c(c6)c6ccccc6n7-c6ccccc6)ccc54)cc(-n4c5ccccc5c5cc(-c6ccc7c(c6)c6ccccc6n7-c6ccccc6)ccc54)c3)c3c(ccc4ccccc43)n2)c1. The van der Waals surface area contributed by atoms with E-state index in [-0.39, 0.29) is 11.4 Å². The molecule has 0 N–H and O–H groups in total. The molecule has 9 heteroatoms. The molecule has 14 aromatic carbocycles. The molecule has 0 aliphatic rings. The molecule has 0 spiro atoms. The van der Waals surface area contributed by atoms with E-state index in [0.29, 0.717) is 22.3 Å². The number of halogens is 3. The van der Waals surface area contributed by atoms with E-state index in [0.717, 1.165) is 133 Å². The number of nitrogens with zero attached hydrogens (tertiary/aromatic N) is 6. The van der Waals surface area contributed by atoms with Gasteiger partial charge >= 0.3 is 6.18 Å². The molecule has 19 aromatic rings. The molecule has 0 fully saturated rings. The van der Waals surface area contributed by atoms with Crippen molar-refractivity contribution in [2.75, 3.05) is 0 Å². The summed E-state index contributed by atoms with van der Waals surface area (Å²) in [4.78, 5) is 10.4. The van der Waals surface area contributed by atoms with Crippen molar-refractivity contribution in [2.45, 2.75) is 13.1 Å². The second-order valence-electron chi connectivity index (χ2n) is 24.9. The Morgan fingerprint density at radius 1 is 0.284 bits per heavy atom. The van der Waals surface area contributed by atoms with Gasteiger partial charge in [-0.15, -0.1) is 0 Å². The van der Waals surface area contributed by atoms with Crippen molar-refractivity contribution in [1.82, 2.24) is 28.2 Å². The van der Waals surface area contributed by atoms with E-state index in [9.17, 15) is 0 Å². The number of hydrogen-bond acceptors (Lipinski definition) is 2. The fourth-order valence-electron chi connectivity index (χ4n) is 15.2. The van der Waals surface area contributed by atoms with E-state index in [4.69, 9.17) is 9.97 Å². The standard InChI is InChI=1S/C86H53F3N6/c1-52-32-38-73(86(87,88)89)72(44-52)85-90-74-39-33-53-18-8-9-23-63(53)83(74)84(91-85)58-45-61(94-77-30-16-12-26-66(77)70-49-56(36-42-81(70)94)54-34-40-79-68(47-54)64-24-10-14-28-75(64)92(79)59-19-4-2-5-20-59)51-62(46-58)95-78-31-17-13-27-67(78)71-50-57(37-43-82(71)95)55-35-41-80-69(48-55)65-25-11-15-29-76(65)93(80)60-21-6-3-7-22-60/h2-51H,1H3. The minimum absolute atomic E-state index is 0.00909. The normalized spacial score (nSPS) is 12.2. The Balaban J connectivity index is 0.851. The molecule has 0 radical (unpaired) electrons. The Hall–Kier alpha value is -12.3. The molecule has 0 aliphatic carbocycles. The van der Waals surface area contributed by atoms with Gasteiger partial charge in [0, 0.05) is 82.4 Å². The number of aromatic nitrogens is 6. The summed E-state index contributed by atoms with van der Waals surface area (Å²) in [6.07, 6.45) is -4.67. The molecular weight excluding hydrogens is 1170 g/mol. The summed E-state index contributed by atoms with van der Waals surface area (Å²) in [5, 5.41) is 11.6. The Kier molecular flexibility index (Phi) is 11.9. The third kappa shape index (κ3) is 8.52. The van der Waals surface area contributed by atoms with Crippen molar-refractivity contribution in [3.63, 3.8) is 0 Å². The maximum Gasteiger partial charge on any atom is 0.417 e. The fraction of sp³-hybridized carbons (Fsp3) is 0.0233. The Bertz CT molecular complexity index is 6110. The van der Waals surface area contributed by atoms with E-state index in [1.807, 2.05) is 24.3 Å². The van der Waals surface area contributed by atoms with E-state index in [1.54, 1.807) is 13.0 Å². The predicted octanol–water partition coefficient (Wildman–Crippen LogP) is 23.2. The first-order valence-electron chi connectivity index (χ1n) is 31.9. The number of aryl methyl sites for hydroxylation is 1. The summed E-state index contributed by atoms with van der Waals surface area (Å²) in [6.45, 7) is 1.80. The number of hydrogen-bond donors (Lipinski definition) is 0. The average Bonchev–Trinajstić information content (AvgIpc) is 1.70. The van der Waals surface area contributed by atoms with Gasteiger partial charge in [0.2, 0.25) is 0 Å². The molecule has 0 saturated carbocycles. The number of alkyl halides is 3. The lowest BCUT2D eigenvalue weighted by molar-refractivity contribution is -0.137. The lowest BCUT2D eigenvalue weighted by atomic mass is 9.98. The molecule has 0 unspecified atom stereocenters. The molecule has 19 rings (SSSR count). The van der Waals surface area contributed by atoms with Gasteiger partial charge in [0.15, 0.2) is 5.82 Å². The van der Waals surface area contributed by atoms with Crippen molar-refractivity contribution in [2.24, 2.45) is 0 Å². The molecule has 6 nitrogen and oxygen atoms in total. The van der Waals surface area contributed by atoms with Crippen LogP contribution in [0.1, 0.15) is 11.1 Å².